The Bertz CT molecular complexity index is 511. The Kier molecular flexibility index (Phi) is 5.56. The predicted molar refractivity (Wildman–Crippen MR) is 85.0 cm³/mol. The van der Waals surface area contributed by atoms with E-state index in [1.165, 1.54) is 11.3 Å². The second-order valence-corrected chi connectivity index (χ2v) is 5.05. The molecule has 0 aliphatic carbocycles. The van der Waals surface area contributed by atoms with E-state index in [0.717, 1.165) is 31.7 Å². The molecule has 20 heavy (non-hydrogen) atoms. The van der Waals surface area contributed by atoms with Crippen LogP contribution in [0.5, 0.6) is 0 Å². The summed E-state index contributed by atoms with van der Waals surface area (Å²) >= 11 is 0. The van der Waals surface area contributed by atoms with Gasteiger partial charge in [-0.25, -0.2) is 0 Å². The molecule has 0 saturated heterocycles. The van der Waals surface area contributed by atoms with E-state index in [-0.39, 0.29) is 0 Å². The van der Waals surface area contributed by atoms with Crippen molar-refractivity contribution < 1.29 is 0 Å². The molecule has 1 aromatic heterocycles. The number of aryl methyl sites for hydroxylation is 1. The van der Waals surface area contributed by atoms with Crippen LogP contribution < -0.4 is 10.2 Å². The topological polar surface area (TPSA) is 28.2 Å². The van der Waals surface area contributed by atoms with Crippen LogP contribution in [0.1, 0.15) is 17.7 Å². The van der Waals surface area contributed by atoms with Gasteiger partial charge in [-0.15, -0.1) is 0 Å². The van der Waals surface area contributed by atoms with Crippen LogP contribution in [0.25, 0.3) is 0 Å². The number of para-hydroxylation sites is 1. The molecule has 0 atom stereocenters. The summed E-state index contributed by atoms with van der Waals surface area (Å²) in [4.78, 5) is 6.67. The van der Waals surface area contributed by atoms with Gasteiger partial charge in [0.1, 0.15) is 0 Å². The molecule has 0 aliphatic heterocycles. The van der Waals surface area contributed by atoms with Gasteiger partial charge < -0.3 is 10.2 Å². The number of rotatable bonds is 7. The zero-order valence-corrected chi connectivity index (χ0v) is 12.3. The molecule has 2 rings (SSSR count). The normalized spacial score (nSPS) is 10.5. The number of pyridine rings is 1. The predicted octanol–water partition coefficient (Wildman–Crippen LogP) is 3.01. The molecule has 0 bridgehead atoms. The number of nitrogens with one attached hydrogen (secondary N) is 1. The molecule has 0 aliphatic rings. The molecule has 1 aromatic carbocycles. The number of benzene rings is 1. The third kappa shape index (κ3) is 4.35. The van der Waals surface area contributed by atoms with Crippen molar-refractivity contribution in [1.29, 1.82) is 0 Å². The zero-order valence-electron chi connectivity index (χ0n) is 12.3. The molecule has 0 fully saturated rings. The molecule has 0 saturated carbocycles. The first-order valence-electron chi connectivity index (χ1n) is 7.15. The molecule has 2 aromatic rings. The lowest BCUT2D eigenvalue weighted by molar-refractivity contribution is 0.636. The van der Waals surface area contributed by atoms with Gasteiger partial charge in [0, 0.05) is 32.0 Å². The SMILES string of the molecule is Cc1cccnc1CNCCCN(C)c1ccccc1. The van der Waals surface area contributed by atoms with E-state index in [1.807, 2.05) is 18.3 Å². The Balaban J connectivity index is 1.66. The highest BCUT2D eigenvalue weighted by atomic mass is 15.1. The van der Waals surface area contributed by atoms with Crippen molar-refractivity contribution in [1.82, 2.24) is 10.3 Å². The van der Waals surface area contributed by atoms with Crippen LogP contribution in [-0.4, -0.2) is 25.1 Å². The lowest BCUT2D eigenvalue weighted by atomic mass is 10.2. The van der Waals surface area contributed by atoms with Gasteiger partial charge in [0.2, 0.25) is 0 Å². The number of nitrogens with zero attached hydrogens (tertiary/aromatic N) is 2. The van der Waals surface area contributed by atoms with Crippen LogP contribution in [0.4, 0.5) is 5.69 Å². The van der Waals surface area contributed by atoms with Crippen molar-refractivity contribution in [2.75, 3.05) is 25.0 Å². The van der Waals surface area contributed by atoms with Gasteiger partial charge in [0.25, 0.3) is 0 Å². The van der Waals surface area contributed by atoms with Crippen LogP contribution in [0.2, 0.25) is 0 Å². The molecule has 106 valence electrons. The van der Waals surface area contributed by atoms with Crippen molar-refractivity contribution in [2.24, 2.45) is 0 Å². The summed E-state index contributed by atoms with van der Waals surface area (Å²) in [6, 6.07) is 14.6. The summed E-state index contributed by atoms with van der Waals surface area (Å²) in [7, 11) is 2.14. The van der Waals surface area contributed by atoms with Crippen LogP contribution in [0, 0.1) is 6.92 Å². The molecule has 0 radical (unpaired) electrons. The maximum atomic E-state index is 4.39. The Morgan fingerprint density at radius 3 is 2.65 bits per heavy atom. The first kappa shape index (κ1) is 14.5. The van der Waals surface area contributed by atoms with Gasteiger partial charge in [0.05, 0.1) is 5.69 Å². The third-order valence-electron chi connectivity index (χ3n) is 3.45. The summed E-state index contributed by atoms with van der Waals surface area (Å²) in [6.45, 7) is 5.01. The summed E-state index contributed by atoms with van der Waals surface area (Å²) in [5.74, 6) is 0. The highest BCUT2D eigenvalue weighted by Gasteiger charge is 2.00. The third-order valence-corrected chi connectivity index (χ3v) is 3.45. The van der Waals surface area contributed by atoms with Crippen molar-refractivity contribution >= 4 is 5.69 Å². The first-order valence-corrected chi connectivity index (χ1v) is 7.15. The molecule has 1 N–H and O–H groups in total. The quantitative estimate of drug-likeness (QED) is 0.783. The average Bonchev–Trinajstić information content (AvgIpc) is 2.49. The van der Waals surface area contributed by atoms with E-state index >= 15 is 0 Å². The molecule has 3 nitrogen and oxygen atoms in total. The van der Waals surface area contributed by atoms with Gasteiger partial charge in [0.15, 0.2) is 0 Å². The fourth-order valence-electron chi connectivity index (χ4n) is 2.16. The number of anilines is 1. The minimum absolute atomic E-state index is 0.849. The molecule has 0 amide bonds. The van der Waals surface area contributed by atoms with Crippen LogP contribution in [-0.2, 0) is 6.54 Å². The minimum Gasteiger partial charge on any atom is -0.375 e. The van der Waals surface area contributed by atoms with Crippen LogP contribution in [0.15, 0.2) is 48.7 Å². The van der Waals surface area contributed by atoms with E-state index in [1.54, 1.807) is 0 Å². The molecule has 0 spiro atoms. The van der Waals surface area contributed by atoms with Gasteiger partial charge in [-0.2, -0.15) is 0 Å². The van der Waals surface area contributed by atoms with E-state index in [0.29, 0.717) is 0 Å². The fourth-order valence-corrected chi connectivity index (χ4v) is 2.16. The zero-order chi connectivity index (χ0) is 14.2. The molecular formula is C17H23N3. The largest absolute Gasteiger partial charge is 0.375 e. The molecule has 3 heteroatoms. The highest BCUT2D eigenvalue weighted by molar-refractivity contribution is 5.44. The first-order chi connectivity index (χ1) is 9.77. The second-order valence-electron chi connectivity index (χ2n) is 5.05. The van der Waals surface area contributed by atoms with Crippen molar-refractivity contribution in [2.45, 2.75) is 19.9 Å². The molecular weight excluding hydrogens is 246 g/mol. The van der Waals surface area contributed by atoms with Crippen molar-refractivity contribution in [3.05, 3.63) is 59.9 Å². The number of hydrogen-bond acceptors (Lipinski definition) is 3. The monoisotopic (exact) mass is 269 g/mol. The van der Waals surface area contributed by atoms with Gasteiger partial charge in [-0.3, -0.25) is 4.98 Å². The van der Waals surface area contributed by atoms with Crippen LogP contribution >= 0.6 is 0 Å². The minimum atomic E-state index is 0.849. The number of hydrogen-bond donors (Lipinski definition) is 1. The summed E-state index contributed by atoms with van der Waals surface area (Å²) in [6.07, 6.45) is 2.98. The van der Waals surface area contributed by atoms with E-state index in [4.69, 9.17) is 0 Å². The fraction of sp³-hybridized carbons (Fsp3) is 0.353. The summed E-state index contributed by atoms with van der Waals surface area (Å²) in [5, 5.41) is 3.46. The summed E-state index contributed by atoms with van der Waals surface area (Å²) < 4.78 is 0. The van der Waals surface area contributed by atoms with Gasteiger partial charge >= 0.3 is 0 Å². The lowest BCUT2D eigenvalue weighted by Crippen LogP contribution is -2.24. The molecule has 0 unspecified atom stereocenters. The maximum absolute atomic E-state index is 4.39. The summed E-state index contributed by atoms with van der Waals surface area (Å²) in [5.41, 5.74) is 3.67. The average molecular weight is 269 g/mol. The standard InChI is InChI=1S/C17H23N3/c1-15-8-6-12-19-17(15)14-18-11-7-13-20(2)16-9-4-3-5-10-16/h3-6,8-10,12,18H,7,11,13-14H2,1-2H3. The second kappa shape index (κ2) is 7.65. The Hall–Kier alpha value is -1.87. The Labute approximate surface area is 121 Å². The van der Waals surface area contributed by atoms with Gasteiger partial charge in [-0.05, 0) is 43.7 Å². The maximum Gasteiger partial charge on any atom is 0.0570 e. The molecule has 1 heterocycles. The van der Waals surface area contributed by atoms with Crippen molar-refractivity contribution in [3.63, 3.8) is 0 Å². The van der Waals surface area contributed by atoms with E-state index in [9.17, 15) is 0 Å². The van der Waals surface area contributed by atoms with E-state index < -0.39 is 0 Å². The smallest absolute Gasteiger partial charge is 0.0570 e. The number of aromatic nitrogens is 1. The lowest BCUT2D eigenvalue weighted by Gasteiger charge is -2.19. The van der Waals surface area contributed by atoms with Gasteiger partial charge in [-0.1, -0.05) is 24.3 Å². The van der Waals surface area contributed by atoms with Crippen LogP contribution in [0.3, 0.4) is 0 Å². The van der Waals surface area contributed by atoms with E-state index in [2.05, 4.69) is 59.5 Å². The highest BCUT2D eigenvalue weighted by Crippen LogP contribution is 2.10. The van der Waals surface area contributed by atoms with Crippen molar-refractivity contribution in [3.8, 4) is 0 Å². The Morgan fingerprint density at radius 1 is 1.10 bits per heavy atom. The Morgan fingerprint density at radius 2 is 1.90 bits per heavy atom.